The molecule has 6 heteroatoms. The number of hydrazone groups is 1. The predicted molar refractivity (Wildman–Crippen MR) is 77.0 cm³/mol. The molecular weight excluding hydrogens is 280 g/mol. The Bertz CT molecular complexity index is 650. The van der Waals surface area contributed by atoms with E-state index in [1.54, 1.807) is 12.1 Å². The highest BCUT2D eigenvalue weighted by Crippen LogP contribution is 2.26. The van der Waals surface area contributed by atoms with Crippen LogP contribution < -0.4 is 5.43 Å². The molecule has 104 valence electrons. The van der Waals surface area contributed by atoms with E-state index in [4.69, 9.17) is 16.0 Å². The Kier molecular flexibility index (Phi) is 4.42. The summed E-state index contributed by atoms with van der Waals surface area (Å²) in [6.07, 6.45) is 0.745. The Morgan fingerprint density at radius 1 is 1.40 bits per heavy atom. The molecule has 0 fully saturated rings. The van der Waals surface area contributed by atoms with E-state index in [1.165, 1.54) is 13.3 Å². The van der Waals surface area contributed by atoms with E-state index in [0.29, 0.717) is 16.5 Å². The number of halogens is 1. The lowest BCUT2D eigenvalue weighted by atomic mass is 10.1. The predicted octanol–water partition coefficient (Wildman–Crippen LogP) is 3.60. The van der Waals surface area contributed by atoms with Crippen molar-refractivity contribution < 1.29 is 13.9 Å². The molecule has 5 nitrogen and oxygen atoms in total. The molecule has 2 aromatic rings. The molecule has 0 unspecified atom stereocenters. The number of aryl methyl sites for hydroxylation is 1. The van der Waals surface area contributed by atoms with Crippen molar-refractivity contribution in [3.8, 4) is 11.3 Å². The second-order valence-electron chi connectivity index (χ2n) is 4.03. The molecule has 0 radical (unpaired) electrons. The smallest absolute Gasteiger partial charge is 0.427 e. The fraction of sp³-hybridized carbons (Fsp3) is 0.143. The normalized spacial score (nSPS) is 10.8. The zero-order valence-corrected chi connectivity index (χ0v) is 11.8. The summed E-state index contributed by atoms with van der Waals surface area (Å²) in [5.74, 6) is 1.18. The molecule has 0 atom stereocenters. The molecule has 1 heterocycles. The van der Waals surface area contributed by atoms with E-state index in [2.05, 4.69) is 15.3 Å². The van der Waals surface area contributed by atoms with Gasteiger partial charge in [0.1, 0.15) is 11.5 Å². The van der Waals surface area contributed by atoms with E-state index in [1.807, 2.05) is 25.1 Å². The Balaban J connectivity index is 2.12. The van der Waals surface area contributed by atoms with Gasteiger partial charge in [0.15, 0.2) is 0 Å². The Labute approximate surface area is 121 Å². The first-order chi connectivity index (χ1) is 9.60. The topological polar surface area (TPSA) is 63.8 Å². The largest absolute Gasteiger partial charge is 0.455 e. The number of carbonyl (C=O) groups is 1. The lowest BCUT2D eigenvalue weighted by Crippen LogP contribution is -2.16. The molecule has 1 amide bonds. The van der Waals surface area contributed by atoms with Gasteiger partial charge in [-0.1, -0.05) is 23.7 Å². The van der Waals surface area contributed by atoms with Crippen molar-refractivity contribution in [2.45, 2.75) is 6.92 Å². The first kappa shape index (κ1) is 14.1. The summed E-state index contributed by atoms with van der Waals surface area (Å²) in [6.45, 7) is 1.94. The molecule has 1 N–H and O–H groups in total. The molecule has 0 bridgehead atoms. The third kappa shape index (κ3) is 3.39. The summed E-state index contributed by atoms with van der Waals surface area (Å²) >= 11 is 6.08. The number of benzene rings is 1. The maximum absolute atomic E-state index is 10.8. The first-order valence-corrected chi connectivity index (χ1v) is 6.21. The van der Waals surface area contributed by atoms with Gasteiger partial charge in [0.05, 0.1) is 13.3 Å². The minimum Gasteiger partial charge on any atom is -0.455 e. The SMILES string of the molecule is COC(=O)N/N=C/c1ccc(-c2ccc(C)c(Cl)c2)o1. The number of rotatable bonds is 3. The van der Waals surface area contributed by atoms with Gasteiger partial charge < -0.3 is 9.15 Å². The molecule has 1 aromatic carbocycles. The van der Waals surface area contributed by atoms with Crippen molar-refractivity contribution in [2.75, 3.05) is 7.11 Å². The molecule has 0 aliphatic rings. The molecule has 0 aliphatic heterocycles. The van der Waals surface area contributed by atoms with Crippen molar-refractivity contribution in [1.29, 1.82) is 0 Å². The number of ether oxygens (including phenoxy) is 1. The highest BCUT2D eigenvalue weighted by molar-refractivity contribution is 6.31. The summed E-state index contributed by atoms with van der Waals surface area (Å²) in [4.78, 5) is 10.8. The van der Waals surface area contributed by atoms with E-state index in [0.717, 1.165) is 11.1 Å². The quantitative estimate of drug-likeness (QED) is 0.694. The van der Waals surface area contributed by atoms with Gasteiger partial charge in [0, 0.05) is 10.6 Å². The van der Waals surface area contributed by atoms with E-state index < -0.39 is 6.09 Å². The fourth-order valence-corrected chi connectivity index (χ4v) is 1.70. The van der Waals surface area contributed by atoms with Crippen LogP contribution in [0, 0.1) is 6.92 Å². The molecule has 0 aliphatic carbocycles. The summed E-state index contributed by atoms with van der Waals surface area (Å²) in [7, 11) is 1.26. The number of nitrogens with zero attached hydrogens (tertiary/aromatic N) is 1. The third-order valence-corrected chi connectivity index (χ3v) is 3.02. The Hall–Kier alpha value is -2.27. The summed E-state index contributed by atoms with van der Waals surface area (Å²) in [5.41, 5.74) is 4.06. The highest BCUT2D eigenvalue weighted by atomic mass is 35.5. The molecular formula is C14H13ClN2O3. The lowest BCUT2D eigenvalue weighted by Gasteiger charge is -2.00. The van der Waals surface area contributed by atoms with Gasteiger partial charge in [-0.2, -0.15) is 5.10 Å². The first-order valence-electron chi connectivity index (χ1n) is 5.83. The van der Waals surface area contributed by atoms with Crippen molar-refractivity contribution in [3.05, 3.63) is 46.7 Å². The molecule has 1 aromatic heterocycles. The lowest BCUT2D eigenvalue weighted by molar-refractivity contribution is 0.171. The minimum atomic E-state index is -0.640. The Morgan fingerprint density at radius 2 is 2.20 bits per heavy atom. The molecule has 0 spiro atoms. The number of hydrogen-bond donors (Lipinski definition) is 1. The number of amides is 1. The number of methoxy groups -OCH3 is 1. The molecule has 0 saturated heterocycles. The van der Waals surface area contributed by atoms with Crippen molar-refractivity contribution >= 4 is 23.9 Å². The standard InChI is InChI=1S/C14H13ClN2O3/c1-9-3-4-10(7-12(9)15)13-6-5-11(20-13)8-16-17-14(18)19-2/h3-8H,1-2H3,(H,17,18)/b16-8+. The van der Waals surface area contributed by atoms with E-state index in [9.17, 15) is 4.79 Å². The average molecular weight is 293 g/mol. The van der Waals surface area contributed by atoms with Gasteiger partial charge >= 0.3 is 6.09 Å². The van der Waals surface area contributed by atoms with Gasteiger partial charge in [-0.05, 0) is 30.7 Å². The average Bonchev–Trinajstić information content (AvgIpc) is 2.90. The van der Waals surface area contributed by atoms with Gasteiger partial charge in [0.25, 0.3) is 0 Å². The van der Waals surface area contributed by atoms with Gasteiger partial charge in [0.2, 0.25) is 0 Å². The van der Waals surface area contributed by atoms with Gasteiger partial charge in [-0.25, -0.2) is 10.2 Å². The van der Waals surface area contributed by atoms with E-state index in [-0.39, 0.29) is 0 Å². The summed E-state index contributed by atoms with van der Waals surface area (Å²) in [5, 5.41) is 4.36. The monoisotopic (exact) mass is 292 g/mol. The van der Waals surface area contributed by atoms with Gasteiger partial charge in [-0.15, -0.1) is 0 Å². The molecule has 0 saturated carbocycles. The van der Waals surface area contributed by atoms with Crippen LogP contribution in [-0.4, -0.2) is 19.4 Å². The maximum Gasteiger partial charge on any atom is 0.427 e. The molecule has 20 heavy (non-hydrogen) atoms. The van der Waals surface area contributed by atoms with Crippen LogP contribution in [0.25, 0.3) is 11.3 Å². The highest BCUT2D eigenvalue weighted by Gasteiger charge is 2.05. The second-order valence-corrected chi connectivity index (χ2v) is 4.43. The number of hydrogen-bond acceptors (Lipinski definition) is 4. The molecule has 2 rings (SSSR count). The van der Waals surface area contributed by atoms with Crippen LogP contribution in [0.3, 0.4) is 0 Å². The third-order valence-electron chi connectivity index (χ3n) is 2.62. The fourth-order valence-electron chi connectivity index (χ4n) is 1.52. The Morgan fingerprint density at radius 3 is 2.90 bits per heavy atom. The number of nitrogens with one attached hydrogen (secondary N) is 1. The number of furan rings is 1. The van der Waals surface area contributed by atoms with Crippen molar-refractivity contribution in [2.24, 2.45) is 5.10 Å². The maximum atomic E-state index is 10.8. The summed E-state index contributed by atoms with van der Waals surface area (Å²) < 4.78 is 9.96. The second kappa shape index (κ2) is 6.25. The van der Waals surface area contributed by atoms with Crippen LogP contribution in [0.2, 0.25) is 5.02 Å². The number of carbonyl (C=O) groups excluding carboxylic acids is 1. The zero-order chi connectivity index (χ0) is 14.5. The van der Waals surface area contributed by atoms with Crippen LogP contribution in [0.4, 0.5) is 4.79 Å². The van der Waals surface area contributed by atoms with Crippen molar-refractivity contribution in [1.82, 2.24) is 5.43 Å². The van der Waals surface area contributed by atoms with Crippen LogP contribution in [0.15, 0.2) is 39.9 Å². The summed E-state index contributed by atoms with van der Waals surface area (Å²) in [6, 6.07) is 9.23. The van der Waals surface area contributed by atoms with Crippen molar-refractivity contribution in [3.63, 3.8) is 0 Å². The van der Waals surface area contributed by atoms with Crippen LogP contribution >= 0.6 is 11.6 Å². The zero-order valence-electron chi connectivity index (χ0n) is 11.0. The van der Waals surface area contributed by atoms with Crippen LogP contribution in [0.5, 0.6) is 0 Å². The van der Waals surface area contributed by atoms with Crippen LogP contribution in [-0.2, 0) is 4.74 Å². The van der Waals surface area contributed by atoms with Gasteiger partial charge in [-0.3, -0.25) is 0 Å². The van der Waals surface area contributed by atoms with E-state index >= 15 is 0 Å². The van der Waals surface area contributed by atoms with Crippen LogP contribution in [0.1, 0.15) is 11.3 Å². The minimum absolute atomic E-state index is 0.508.